The number of amides is 1. The molecule has 0 radical (unpaired) electrons. The molecule has 1 aliphatic carbocycles. The van der Waals surface area contributed by atoms with Crippen molar-refractivity contribution in [3.63, 3.8) is 0 Å². The zero-order chi connectivity index (χ0) is 31.3. The summed E-state index contributed by atoms with van der Waals surface area (Å²) >= 11 is 6.18. The minimum atomic E-state index is -3.37. The number of ether oxygens (including phenoxy) is 1. The number of anilines is 1. The molecular weight excluding hydrogens is 605 g/mol. The van der Waals surface area contributed by atoms with Gasteiger partial charge in [-0.15, -0.1) is 0 Å². The maximum atomic E-state index is 15.2. The normalized spacial score (nSPS) is 28.0. The molecule has 5 atom stereocenters. The van der Waals surface area contributed by atoms with Gasteiger partial charge in [-0.3, -0.25) is 9.78 Å². The van der Waals surface area contributed by atoms with E-state index in [1.54, 1.807) is 4.31 Å². The lowest BCUT2D eigenvalue weighted by Crippen LogP contribution is -2.57. The van der Waals surface area contributed by atoms with Gasteiger partial charge in [0.15, 0.2) is 0 Å². The van der Waals surface area contributed by atoms with Crippen molar-refractivity contribution in [1.29, 1.82) is 0 Å². The summed E-state index contributed by atoms with van der Waals surface area (Å²) in [4.78, 5) is 17.7. The highest BCUT2D eigenvalue weighted by atomic mass is 35.5. The third-order valence-corrected chi connectivity index (χ3v) is 11.9. The molecule has 2 aromatic rings. The molecule has 5 rings (SSSR count). The number of fused-ring (bicyclic) bond motifs is 2. The molecule has 2 aliphatic heterocycles. The van der Waals surface area contributed by atoms with Gasteiger partial charge in [-0.05, 0) is 87.8 Å². The highest BCUT2D eigenvalue weighted by Gasteiger charge is 2.39. The molecular formula is C32H45ClFN5O4S. The lowest BCUT2D eigenvalue weighted by Gasteiger charge is -2.37. The number of pyridine rings is 1. The van der Waals surface area contributed by atoms with Gasteiger partial charge in [0.2, 0.25) is 15.9 Å². The monoisotopic (exact) mass is 649 g/mol. The molecule has 3 aliphatic rings. The number of carbonyl (C=O) groups excluding carboxylic acids is 1. The Kier molecular flexibility index (Phi) is 11.3. The number of nitrogens with one attached hydrogen (secondary N) is 2. The number of hydrogen-bond donors (Lipinski definition) is 3. The van der Waals surface area contributed by atoms with E-state index in [1.807, 2.05) is 31.2 Å². The number of benzene rings is 1. The standard InChI is InChI=1S/C32H45ClFN5O4S/c1-2-43-20-21-5-7-22(8-6-21)30(23-9-11-24(33)12-10-23)31(35)32(40)38-29-18-36-17-28(34)27(29)14-13-26-16-37-25-4-3-15-44(41,42)39(26)19-25/h9-12,17-18,21-22,25-26,30-31,37H,2-8,13-16,19-20,35H2,1H3,(H,38,40)/t21?,22?,25-,26+,30-,31+/m1/s1. The predicted molar refractivity (Wildman–Crippen MR) is 171 cm³/mol. The summed E-state index contributed by atoms with van der Waals surface area (Å²) in [6, 6.07) is 6.46. The number of sulfonamides is 1. The lowest BCUT2D eigenvalue weighted by atomic mass is 9.71. The molecule has 12 heteroatoms. The van der Waals surface area contributed by atoms with Crippen molar-refractivity contribution in [2.24, 2.45) is 17.6 Å². The zero-order valence-electron chi connectivity index (χ0n) is 25.4. The van der Waals surface area contributed by atoms with Gasteiger partial charge >= 0.3 is 0 Å². The summed E-state index contributed by atoms with van der Waals surface area (Å²) in [5.41, 5.74) is 8.25. The molecule has 1 saturated carbocycles. The van der Waals surface area contributed by atoms with Crippen molar-refractivity contribution < 1.29 is 22.3 Å². The topological polar surface area (TPSA) is 127 Å². The van der Waals surface area contributed by atoms with Gasteiger partial charge in [0.05, 0.1) is 29.9 Å². The Hall–Kier alpha value is -2.15. The Morgan fingerprint density at radius 3 is 2.68 bits per heavy atom. The summed E-state index contributed by atoms with van der Waals surface area (Å²) in [5.74, 6) is -0.380. The highest BCUT2D eigenvalue weighted by molar-refractivity contribution is 7.89. The molecule has 242 valence electrons. The van der Waals surface area contributed by atoms with Crippen LogP contribution in [0.3, 0.4) is 0 Å². The van der Waals surface area contributed by atoms with Crippen LogP contribution in [-0.4, -0.2) is 73.8 Å². The average Bonchev–Trinajstić information content (AvgIpc) is 3.13. The van der Waals surface area contributed by atoms with E-state index in [0.29, 0.717) is 49.0 Å². The Labute approximate surface area is 265 Å². The number of piperazine rings is 1. The van der Waals surface area contributed by atoms with E-state index in [2.05, 4.69) is 15.6 Å². The highest BCUT2D eigenvalue weighted by Crippen LogP contribution is 2.40. The summed E-state index contributed by atoms with van der Waals surface area (Å²) in [5, 5.41) is 6.95. The minimum Gasteiger partial charge on any atom is -0.381 e. The maximum absolute atomic E-state index is 15.2. The van der Waals surface area contributed by atoms with Crippen molar-refractivity contribution in [1.82, 2.24) is 14.6 Å². The molecule has 4 N–H and O–H groups in total. The van der Waals surface area contributed by atoms with E-state index in [1.165, 1.54) is 6.20 Å². The predicted octanol–water partition coefficient (Wildman–Crippen LogP) is 4.47. The molecule has 1 amide bonds. The van der Waals surface area contributed by atoms with Crippen LogP contribution in [0, 0.1) is 17.7 Å². The molecule has 2 saturated heterocycles. The van der Waals surface area contributed by atoms with Gasteiger partial charge in [-0.1, -0.05) is 23.7 Å². The van der Waals surface area contributed by atoms with E-state index in [0.717, 1.165) is 50.5 Å². The molecule has 1 aromatic carbocycles. The SMILES string of the molecule is CCOCC1CCC([C@H](c2ccc(Cl)cc2)[C@H](N)C(=O)Nc2cncc(F)c2CC[C@H]2CN[C@@H]3CCCS(=O)(=O)N2C3)CC1. The third kappa shape index (κ3) is 7.97. The van der Waals surface area contributed by atoms with Crippen molar-refractivity contribution in [3.8, 4) is 0 Å². The molecule has 2 bridgehead atoms. The van der Waals surface area contributed by atoms with Gasteiger partial charge in [0.25, 0.3) is 0 Å². The van der Waals surface area contributed by atoms with E-state index in [4.69, 9.17) is 22.1 Å². The first-order valence-corrected chi connectivity index (χ1v) is 17.9. The van der Waals surface area contributed by atoms with Gasteiger partial charge in [0.1, 0.15) is 5.82 Å². The fourth-order valence-corrected chi connectivity index (χ4v) is 9.15. The van der Waals surface area contributed by atoms with Crippen LogP contribution >= 0.6 is 11.6 Å². The Morgan fingerprint density at radius 2 is 1.95 bits per heavy atom. The lowest BCUT2D eigenvalue weighted by molar-refractivity contribution is -0.118. The second-order valence-corrected chi connectivity index (χ2v) is 15.0. The number of nitrogens with two attached hydrogens (primary N) is 1. The fraction of sp³-hybridized carbons (Fsp3) is 0.625. The first-order chi connectivity index (χ1) is 21.2. The molecule has 1 unspecified atom stereocenters. The number of rotatable bonds is 11. The van der Waals surface area contributed by atoms with Gasteiger partial charge in [-0.25, -0.2) is 12.8 Å². The summed E-state index contributed by atoms with van der Waals surface area (Å²) < 4.78 is 48.3. The number of hydrogen-bond acceptors (Lipinski definition) is 7. The van der Waals surface area contributed by atoms with Crippen molar-refractivity contribution >= 4 is 33.2 Å². The van der Waals surface area contributed by atoms with E-state index in [-0.39, 0.29) is 41.8 Å². The van der Waals surface area contributed by atoms with Gasteiger partial charge < -0.3 is 21.1 Å². The Bertz CT molecular complexity index is 1370. The molecule has 0 spiro atoms. The van der Waals surface area contributed by atoms with E-state index in [9.17, 15) is 13.2 Å². The van der Waals surface area contributed by atoms with Crippen LogP contribution in [0.5, 0.6) is 0 Å². The zero-order valence-corrected chi connectivity index (χ0v) is 27.0. The van der Waals surface area contributed by atoms with E-state index < -0.39 is 27.8 Å². The van der Waals surface area contributed by atoms with E-state index >= 15 is 4.39 Å². The smallest absolute Gasteiger partial charge is 0.241 e. The summed E-state index contributed by atoms with van der Waals surface area (Å²) in [7, 11) is -3.37. The van der Waals surface area contributed by atoms with Crippen LogP contribution in [0.4, 0.5) is 10.1 Å². The fourth-order valence-electron chi connectivity index (χ4n) is 7.21. The molecule has 44 heavy (non-hydrogen) atoms. The first kappa shape index (κ1) is 33.2. The molecule has 9 nitrogen and oxygen atoms in total. The third-order valence-electron chi connectivity index (χ3n) is 9.65. The number of carbonyl (C=O) groups is 1. The Morgan fingerprint density at radius 1 is 1.20 bits per heavy atom. The average molecular weight is 650 g/mol. The van der Waals surface area contributed by atoms with Gasteiger partial charge in [-0.2, -0.15) is 4.31 Å². The van der Waals surface area contributed by atoms with Crippen LogP contribution in [0.1, 0.15) is 68.9 Å². The van der Waals surface area contributed by atoms with Crippen molar-refractivity contribution in [2.75, 3.05) is 37.4 Å². The molecule has 3 heterocycles. The summed E-state index contributed by atoms with van der Waals surface area (Å²) in [6.07, 6.45) is 8.53. The second kappa shape index (κ2) is 15.0. The second-order valence-electron chi connectivity index (χ2n) is 12.5. The largest absolute Gasteiger partial charge is 0.381 e. The minimum absolute atomic E-state index is 0.132. The first-order valence-electron chi connectivity index (χ1n) is 15.9. The number of halogens is 2. The quantitative estimate of drug-likeness (QED) is 0.328. The maximum Gasteiger partial charge on any atom is 0.241 e. The Balaban J connectivity index is 1.30. The number of nitrogens with zero attached hydrogens (tertiary/aromatic N) is 2. The van der Waals surface area contributed by atoms with Crippen LogP contribution in [0.2, 0.25) is 5.02 Å². The van der Waals surface area contributed by atoms with Crippen molar-refractivity contribution in [2.45, 2.75) is 82.3 Å². The van der Waals surface area contributed by atoms with Crippen molar-refractivity contribution in [3.05, 3.63) is 58.6 Å². The van der Waals surface area contributed by atoms with Crippen LogP contribution in [-0.2, 0) is 26.0 Å². The summed E-state index contributed by atoms with van der Waals surface area (Å²) in [6.45, 7) is 4.39. The van der Waals surface area contributed by atoms with Crippen LogP contribution < -0.4 is 16.4 Å². The van der Waals surface area contributed by atoms with Crippen LogP contribution in [0.25, 0.3) is 0 Å². The number of aromatic nitrogens is 1. The van der Waals surface area contributed by atoms with Gasteiger partial charge in [0, 0.05) is 54.9 Å². The van der Waals surface area contributed by atoms with Crippen LogP contribution in [0.15, 0.2) is 36.7 Å². The molecule has 1 aromatic heterocycles. The molecule has 3 fully saturated rings.